The maximum Gasteiger partial charge on any atom is 0.123 e. The van der Waals surface area contributed by atoms with Crippen LogP contribution in [0.5, 0.6) is 0 Å². The number of aromatic amines is 1. The van der Waals surface area contributed by atoms with Gasteiger partial charge in [0.1, 0.15) is 5.82 Å². The summed E-state index contributed by atoms with van der Waals surface area (Å²) >= 11 is 0. The van der Waals surface area contributed by atoms with Crippen molar-refractivity contribution in [1.82, 2.24) is 9.88 Å². The molecule has 1 atom stereocenters. The van der Waals surface area contributed by atoms with E-state index in [9.17, 15) is 4.39 Å². The van der Waals surface area contributed by atoms with E-state index in [2.05, 4.69) is 28.1 Å². The van der Waals surface area contributed by atoms with Gasteiger partial charge in [0.2, 0.25) is 0 Å². The molecule has 0 fully saturated rings. The van der Waals surface area contributed by atoms with Crippen LogP contribution in [0.4, 0.5) is 4.39 Å². The number of nitrogens with one attached hydrogen (secondary N) is 1. The fourth-order valence-electron chi connectivity index (χ4n) is 4.00. The highest BCUT2D eigenvalue weighted by Crippen LogP contribution is 2.38. The number of aromatic nitrogens is 1. The van der Waals surface area contributed by atoms with Crippen molar-refractivity contribution in [2.75, 3.05) is 13.1 Å². The molecule has 0 bridgehead atoms. The van der Waals surface area contributed by atoms with E-state index in [1.165, 1.54) is 17.2 Å². The molecule has 5 heteroatoms. The summed E-state index contributed by atoms with van der Waals surface area (Å²) in [4.78, 5) is 5.87. The highest BCUT2D eigenvalue weighted by Gasteiger charge is 2.24. The summed E-state index contributed by atoms with van der Waals surface area (Å²) in [7, 11) is 0. The Kier molecular flexibility index (Phi) is 4.76. The van der Waals surface area contributed by atoms with Crippen molar-refractivity contribution < 1.29 is 4.39 Å². The van der Waals surface area contributed by atoms with Gasteiger partial charge in [-0.15, -0.1) is 0 Å². The molecule has 1 aliphatic rings. The monoisotopic (exact) mass is 352 g/mol. The minimum atomic E-state index is -0.207. The fraction of sp³-hybridized carbons (Fsp3) is 0.333. The molecular weight excluding hydrogens is 327 g/mol. The molecule has 4 nitrogen and oxygen atoms in total. The topological polar surface area (TPSA) is 71.1 Å². The molecule has 1 unspecified atom stereocenters. The molecule has 5 N–H and O–H groups in total. The Morgan fingerprint density at radius 1 is 1.15 bits per heavy atom. The average molecular weight is 352 g/mol. The zero-order valence-corrected chi connectivity index (χ0v) is 14.8. The lowest BCUT2D eigenvalue weighted by atomic mass is 9.98. The minimum Gasteiger partial charge on any atom is -0.357 e. The summed E-state index contributed by atoms with van der Waals surface area (Å²) in [6, 6.07) is 13.4. The summed E-state index contributed by atoms with van der Waals surface area (Å²) in [6.07, 6.45) is 1.88. The highest BCUT2D eigenvalue weighted by molar-refractivity contribution is 5.98. The van der Waals surface area contributed by atoms with E-state index in [0.717, 1.165) is 54.6 Å². The van der Waals surface area contributed by atoms with Crippen LogP contribution in [-0.2, 0) is 13.1 Å². The summed E-state index contributed by atoms with van der Waals surface area (Å²) in [5, 5.41) is 0.946. The second kappa shape index (κ2) is 7.19. The van der Waals surface area contributed by atoms with Crippen LogP contribution in [0, 0.1) is 5.82 Å². The van der Waals surface area contributed by atoms with Gasteiger partial charge in [0.25, 0.3) is 0 Å². The van der Waals surface area contributed by atoms with Crippen LogP contribution in [0.1, 0.15) is 24.1 Å². The number of H-pyrrole nitrogens is 1. The maximum atomic E-state index is 13.9. The van der Waals surface area contributed by atoms with Gasteiger partial charge in [-0.2, -0.15) is 0 Å². The van der Waals surface area contributed by atoms with Gasteiger partial charge in [0, 0.05) is 47.8 Å². The first-order valence-electron chi connectivity index (χ1n) is 9.22. The largest absolute Gasteiger partial charge is 0.357 e. The molecule has 0 aliphatic carbocycles. The van der Waals surface area contributed by atoms with Crippen molar-refractivity contribution >= 4 is 10.9 Å². The van der Waals surface area contributed by atoms with Crippen molar-refractivity contribution in [2.24, 2.45) is 11.5 Å². The standard InChI is InChI=1S/C21H25FN4/c22-15-7-8-19-18(10-15)21-17-6-2-1-4-14(17)11-26(13-20(21)25-19)12-16(24)5-3-9-23/h1-2,4,6-8,10,16,25H,3,5,9,11-13,23-24H2. The van der Waals surface area contributed by atoms with Gasteiger partial charge >= 0.3 is 0 Å². The predicted molar refractivity (Wildman–Crippen MR) is 104 cm³/mol. The molecule has 0 saturated heterocycles. The molecule has 26 heavy (non-hydrogen) atoms. The fourth-order valence-corrected chi connectivity index (χ4v) is 4.00. The van der Waals surface area contributed by atoms with Crippen LogP contribution in [-0.4, -0.2) is 29.0 Å². The third-order valence-electron chi connectivity index (χ3n) is 5.17. The first kappa shape index (κ1) is 17.2. The molecule has 0 radical (unpaired) electrons. The van der Waals surface area contributed by atoms with Crippen molar-refractivity contribution in [3.63, 3.8) is 0 Å². The number of hydrogen-bond donors (Lipinski definition) is 3. The second-order valence-electron chi connectivity index (χ2n) is 7.19. The van der Waals surface area contributed by atoms with Crippen LogP contribution >= 0.6 is 0 Å². The first-order valence-corrected chi connectivity index (χ1v) is 9.22. The van der Waals surface area contributed by atoms with Crippen molar-refractivity contribution in [2.45, 2.75) is 32.0 Å². The molecule has 3 aromatic rings. The summed E-state index contributed by atoms with van der Waals surface area (Å²) in [6.45, 7) is 3.11. The molecule has 1 aliphatic heterocycles. The van der Waals surface area contributed by atoms with E-state index in [-0.39, 0.29) is 11.9 Å². The third kappa shape index (κ3) is 3.26. The lowest BCUT2D eigenvalue weighted by molar-refractivity contribution is 0.236. The molecule has 0 spiro atoms. The van der Waals surface area contributed by atoms with Gasteiger partial charge in [-0.05, 0) is 48.7 Å². The number of nitrogens with two attached hydrogens (primary N) is 2. The zero-order chi connectivity index (χ0) is 18.1. The van der Waals surface area contributed by atoms with Gasteiger partial charge in [-0.1, -0.05) is 24.3 Å². The molecule has 1 aromatic heterocycles. The second-order valence-corrected chi connectivity index (χ2v) is 7.19. The van der Waals surface area contributed by atoms with Crippen LogP contribution in [0.2, 0.25) is 0 Å². The van der Waals surface area contributed by atoms with Crippen molar-refractivity contribution in [3.8, 4) is 11.1 Å². The first-order chi connectivity index (χ1) is 12.7. The van der Waals surface area contributed by atoms with Crippen LogP contribution in [0.3, 0.4) is 0 Å². The number of rotatable bonds is 5. The average Bonchev–Trinajstić information content (AvgIpc) is 2.89. The Labute approximate surface area is 153 Å². The Morgan fingerprint density at radius 3 is 2.85 bits per heavy atom. The van der Waals surface area contributed by atoms with Gasteiger partial charge in [0.15, 0.2) is 0 Å². The molecule has 136 valence electrons. The van der Waals surface area contributed by atoms with E-state index in [4.69, 9.17) is 11.5 Å². The number of fused-ring (bicyclic) bond motifs is 5. The smallest absolute Gasteiger partial charge is 0.123 e. The van der Waals surface area contributed by atoms with Crippen LogP contribution in [0.25, 0.3) is 22.0 Å². The normalized spacial score (nSPS) is 15.5. The number of benzene rings is 2. The Morgan fingerprint density at radius 2 is 2.00 bits per heavy atom. The summed E-state index contributed by atoms with van der Waals surface area (Å²) in [5.74, 6) is -0.207. The van der Waals surface area contributed by atoms with E-state index >= 15 is 0 Å². The molecule has 4 rings (SSSR count). The molecular formula is C21H25FN4. The van der Waals surface area contributed by atoms with Gasteiger partial charge in [-0.25, -0.2) is 4.39 Å². The van der Waals surface area contributed by atoms with Gasteiger partial charge < -0.3 is 16.5 Å². The predicted octanol–water partition coefficient (Wildman–Crippen LogP) is 3.36. The van der Waals surface area contributed by atoms with Crippen LogP contribution in [0.15, 0.2) is 42.5 Å². The van der Waals surface area contributed by atoms with Crippen molar-refractivity contribution in [3.05, 3.63) is 59.5 Å². The number of halogens is 1. The Bertz CT molecular complexity index is 918. The van der Waals surface area contributed by atoms with Gasteiger partial charge in [-0.3, -0.25) is 4.90 Å². The SMILES string of the molecule is NCCCC(N)CN1Cc2ccccc2-c2c([nH]c3ccc(F)cc23)C1. The summed E-state index contributed by atoms with van der Waals surface area (Å²) in [5.41, 5.74) is 17.6. The lowest BCUT2D eigenvalue weighted by Gasteiger charge is -2.24. The Balaban J connectivity index is 1.75. The van der Waals surface area contributed by atoms with E-state index in [0.29, 0.717) is 6.54 Å². The minimum absolute atomic E-state index is 0.106. The quantitative estimate of drug-likeness (QED) is 0.659. The van der Waals surface area contributed by atoms with Crippen molar-refractivity contribution in [1.29, 1.82) is 0 Å². The highest BCUT2D eigenvalue weighted by atomic mass is 19.1. The van der Waals surface area contributed by atoms with E-state index in [1.54, 1.807) is 6.07 Å². The van der Waals surface area contributed by atoms with E-state index < -0.39 is 0 Å². The molecule has 2 heterocycles. The molecule has 0 saturated carbocycles. The number of nitrogens with zero attached hydrogens (tertiary/aromatic N) is 1. The van der Waals surface area contributed by atoms with Gasteiger partial charge in [0.05, 0.1) is 0 Å². The van der Waals surface area contributed by atoms with E-state index in [1.807, 2.05) is 12.1 Å². The third-order valence-corrected chi connectivity index (χ3v) is 5.17. The molecule has 2 aromatic carbocycles. The van der Waals surface area contributed by atoms with Crippen LogP contribution < -0.4 is 11.5 Å². The molecule has 0 amide bonds. The maximum absolute atomic E-state index is 13.9. The Hall–Kier alpha value is -2.21. The zero-order valence-electron chi connectivity index (χ0n) is 14.8. The lowest BCUT2D eigenvalue weighted by Crippen LogP contribution is -2.37. The number of hydrogen-bond acceptors (Lipinski definition) is 3. The summed E-state index contributed by atoms with van der Waals surface area (Å²) < 4.78 is 13.9.